The normalized spacial score (nSPS) is 15.7. The van der Waals surface area contributed by atoms with Crippen molar-refractivity contribution in [3.8, 4) is 11.5 Å². The molecule has 1 aliphatic heterocycles. The number of esters is 3. The Hall–Kier alpha value is -3.75. The number of aliphatic hydroxyl groups is 1. The van der Waals surface area contributed by atoms with E-state index in [1.807, 2.05) is 0 Å². The zero-order valence-corrected chi connectivity index (χ0v) is 28.7. The fourth-order valence-electron chi connectivity index (χ4n) is 4.16. The molecule has 1 aliphatic rings. The molecule has 46 heavy (non-hydrogen) atoms. The smallest absolute Gasteiger partial charge is 0.344 e. The third-order valence-electron chi connectivity index (χ3n) is 5.91. The summed E-state index contributed by atoms with van der Waals surface area (Å²) < 4.78 is 27.3. The van der Waals surface area contributed by atoms with E-state index >= 15 is 0 Å². The molecular weight excluding hydrogens is 618 g/mol. The van der Waals surface area contributed by atoms with E-state index in [1.165, 1.54) is 23.5 Å². The molecule has 254 valence electrons. The molecule has 1 amide bonds. The number of aliphatic hydroxyl groups excluding tert-OH is 1. The van der Waals surface area contributed by atoms with Gasteiger partial charge in [-0.25, -0.2) is 14.6 Å². The lowest BCUT2D eigenvalue weighted by Gasteiger charge is -2.26. The van der Waals surface area contributed by atoms with E-state index in [4.69, 9.17) is 23.7 Å². The highest BCUT2D eigenvalue weighted by molar-refractivity contribution is 7.13. The minimum Gasteiger partial charge on any atom is -0.478 e. The first-order valence-corrected chi connectivity index (χ1v) is 15.7. The van der Waals surface area contributed by atoms with Gasteiger partial charge < -0.3 is 34.1 Å². The highest BCUT2D eigenvalue weighted by Gasteiger charge is 2.31. The second kappa shape index (κ2) is 14.8. The Morgan fingerprint density at radius 1 is 0.913 bits per heavy atom. The first-order chi connectivity index (χ1) is 21.2. The summed E-state index contributed by atoms with van der Waals surface area (Å²) in [6, 6.07) is 3.93. The average molecular weight is 664 g/mol. The Morgan fingerprint density at radius 2 is 1.48 bits per heavy atom. The van der Waals surface area contributed by atoms with Crippen molar-refractivity contribution in [3.05, 3.63) is 39.3 Å². The predicted octanol–water partition coefficient (Wildman–Crippen LogP) is 3.40. The van der Waals surface area contributed by atoms with E-state index < -0.39 is 60.0 Å². The summed E-state index contributed by atoms with van der Waals surface area (Å²) in [5.41, 5.74) is -1.04. The minimum absolute atomic E-state index is 0.0805. The van der Waals surface area contributed by atoms with Crippen molar-refractivity contribution in [3.63, 3.8) is 0 Å². The van der Waals surface area contributed by atoms with Gasteiger partial charge in [0.2, 0.25) is 0 Å². The van der Waals surface area contributed by atoms with Crippen LogP contribution in [0, 0.1) is 0 Å². The number of fused-ring (bicyclic) bond motifs is 1. The molecule has 0 bridgehead atoms. The number of hydrogen-bond acceptors (Lipinski definition) is 13. The fraction of sp³-hybridized carbons (Fsp3) is 0.594. The van der Waals surface area contributed by atoms with Gasteiger partial charge in [0.25, 0.3) is 5.91 Å². The molecule has 2 unspecified atom stereocenters. The van der Waals surface area contributed by atoms with E-state index in [0.717, 1.165) is 4.88 Å². The van der Waals surface area contributed by atoms with Crippen LogP contribution in [0.4, 0.5) is 0 Å². The topological polar surface area (TPSA) is 172 Å². The standard InChI is InChI=1S/C32H45N3O10S/c1-30(2,3)43-25(37)16-41-22-11-10-18(12-23(22)42-17-26(38)44-31(4,5)6)21(36)14-34-27(39)28-35-19-13-20(33-15-24(19)46-28)29(40)45-32(7,8)9/h10-12,20-21,33,36H,13-17H2,1-9H3,(H,34,39). The maximum atomic E-state index is 12.9. The number of carbonyl (C=O) groups excluding carboxylic acids is 4. The molecule has 3 N–H and O–H groups in total. The monoisotopic (exact) mass is 663 g/mol. The maximum Gasteiger partial charge on any atom is 0.344 e. The van der Waals surface area contributed by atoms with E-state index in [-0.39, 0.29) is 29.0 Å². The van der Waals surface area contributed by atoms with E-state index in [2.05, 4.69) is 15.6 Å². The predicted molar refractivity (Wildman–Crippen MR) is 169 cm³/mol. The number of aromatic nitrogens is 1. The van der Waals surface area contributed by atoms with Gasteiger partial charge in [0.1, 0.15) is 22.8 Å². The summed E-state index contributed by atoms with van der Waals surface area (Å²) in [4.78, 5) is 55.2. The van der Waals surface area contributed by atoms with Crippen LogP contribution in [0.25, 0.3) is 0 Å². The van der Waals surface area contributed by atoms with Crippen molar-refractivity contribution in [2.24, 2.45) is 0 Å². The number of rotatable bonds is 11. The lowest BCUT2D eigenvalue weighted by molar-refractivity contribution is -0.158. The summed E-state index contributed by atoms with van der Waals surface area (Å²) >= 11 is 1.21. The van der Waals surface area contributed by atoms with Crippen LogP contribution < -0.4 is 20.1 Å². The van der Waals surface area contributed by atoms with Crippen LogP contribution in [-0.4, -0.2) is 76.5 Å². The molecule has 0 aliphatic carbocycles. The molecule has 0 saturated heterocycles. The van der Waals surface area contributed by atoms with Crippen molar-refractivity contribution in [1.29, 1.82) is 0 Å². The lowest BCUT2D eigenvalue weighted by Crippen LogP contribution is -2.44. The van der Waals surface area contributed by atoms with Crippen LogP contribution in [0.5, 0.6) is 11.5 Å². The zero-order valence-electron chi connectivity index (χ0n) is 27.9. The Labute approximate surface area is 273 Å². The molecule has 2 atom stereocenters. The quantitative estimate of drug-likeness (QED) is 0.237. The van der Waals surface area contributed by atoms with Crippen molar-refractivity contribution in [2.75, 3.05) is 19.8 Å². The van der Waals surface area contributed by atoms with Crippen molar-refractivity contribution in [1.82, 2.24) is 15.6 Å². The molecule has 1 aromatic heterocycles. The van der Waals surface area contributed by atoms with Gasteiger partial charge in [-0.2, -0.15) is 0 Å². The highest BCUT2D eigenvalue weighted by atomic mass is 32.1. The second-order valence-electron chi connectivity index (χ2n) is 13.7. The molecule has 0 saturated carbocycles. The van der Waals surface area contributed by atoms with Gasteiger partial charge in [0.15, 0.2) is 29.7 Å². The van der Waals surface area contributed by atoms with Crippen LogP contribution in [0.3, 0.4) is 0 Å². The van der Waals surface area contributed by atoms with E-state index in [9.17, 15) is 24.3 Å². The van der Waals surface area contributed by atoms with Crippen LogP contribution >= 0.6 is 11.3 Å². The highest BCUT2D eigenvalue weighted by Crippen LogP contribution is 2.31. The molecule has 3 rings (SSSR count). The van der Waals surface area contributed by atoms with Crippen LogP contribution in [0.15, 0.2) is 18.2 Å². The van der Waals surface area contributed by atoms with Gasteiger partial charge in [-0.15, -0.1) is 11.3 Å². The first kappa shape index (κ1) is 36.7. The van der Waals surface area contributed by atoms with Gasteiger partial charge in [-0.05, 0) is 80.0 Å². The van der Waals surface area contributed by atoms with Gasteiger partial charge in [-0.3, -0.25) is 14.9 Å². The number of hydrogen-bond donors (Lipinski definition) is 3. The van der Waals surface area contributed by atoms with E-state index in [0.29, 0.717) is 24.2 Å². The Balaban J connectivity index is 1.66. The largest absolute Gasteiger partial charge is 0.478 e. The molecule has 2 aromatic rings. The average Bonchev–Trinajstić information content (AvgIpc) is 3.34. The molecular formula is C32H45N3O10S. The number of ether oxygens (including phenoxy) is 5. The Bertz CT molecular complexity index is 1420. The van der Waals surface area contributed by atoms with Gasteiger partial charge in [-0.1, -0.05) is 6.07 Å². The molecule has 2 heterocycles. The molecule has 0 radical (unpaired) electrons. The second-order valence-corrected chi connectivity index (χ2v) is 14.8. The fourth-order valence-corrected chi connectivity index (χ4v) is 5.12. The van der Waals surface area contributed by atoms with Crippen molar-refractivity contribution < 1.29 is 48.0 Å². The number of carbonyl (C=O) groups is 4. The Kier molecular flexibility index (Phi) is 11.8. The van der Waals surface area contributed by atoms with Gasteiger partial charge in [0.05, 0.1) is 11.8 Å². The number of benzene rings is 1. The van der Waals surface area contributed by atoms with Crippen molar-refractivity contribution >= 4 is 35.2 Å². The summed E-state index contributed by atoms with van der Waals surface area (Å²) in [5.74, 6) is -1.86. The van der Waals surface area contributed by atoms with E-state index in [1.54, 1.807) is 68.4 Å². The number of amides is 1. The zero-order chi connectivity index (χ0) is 34.4. The summed E-state index contributed by atoms with van der Waals surface area (Å²) in [5, 5.41) is 16.9. The van der Waals surface area contributed by atoms with Gasteiger partial charge in [0, 0.05) is 24.4 Å². The third-order valence-corrected chi connectivity index (χ3v) is 7.01. The van der Waals surface area contributed by atoms with Gasteiger partial charge >= 0.3 is 17.9 Å². The Morgan fingerprint density at radius 3 is 2.04 bits per heavy atom. The van der Waals surface area contributed by atoms with Crippen LogP contribution in [0.1, 0.15) is 94.4 Å². The van der Waals surface area contributed by atoms with Crippen molar-refractivity contribution in [2.45, 2.75) is 104 Å². The summed E-state index contributed by atoms with van der Waals surface area (Å²) in [7, 11) is 0. The first-order valence-electron chi connectivity index (χ1n) is 14.9. The van der Waals surface area contributed by atoms with Crippen LogP contribution in [-0.2, 0) is 41.6 Å². The number of nitrogens with zero attached hydrogens (tertiary/aromatic N) is 1. The number of nitrogens with one attached hydrogen (secondary N) is 2. The lowest BCUT2D eigenvalue weighted by atomic mass is 10.1. The third kappa shape index (κ3) is 11.9. The molecule has 14 heteroatoms. The summed E-state index contributed by atoms with van der Waals surface area (Å²) in [6.45, 7) is 15.1. The summed E-state index contributed by atoms with van der Waals surface area (Å²) in [6.07, 6.45) is -0.869. The number of thiazole rings is 1. The molecule has 13 nitrogen and oxygen atoms in total. The molecule has 0 fully saturated rings. The molecule has 0 spiro atoms. The van der Waals surface area contributed by atoms with Crippen LogP contribution in [0.2, 0.25) is 0 Å². The molecule has 1 aromatic carbocycles. The minimum atomic E-state index is -1.17. The maximum absolute atomic E-state index is 12.9. The SMILES string of the molecule is CC(C)(C)OC(=O)COc1ccc(C(O)CNC(=O)c2nc3c(s2)CNC(C(=O)OC(C)(C)C)C3)cc1OCC(=O)OC(C)(C)C.